The highest BCUT2D eigenvalue weighted by Gasteiger charge is 2.63. The Bertz CT molecular complexity index is 996. The second-order valence-electron chi connectivity index (χ2n) is 7.27. The lowest BCUT2D eigenvalue weighted by Gasteiger charge is -2.44. The van der Waals surface area contributed by atoms with Crippen LogP contribution in [0.3, 0.4) is 0 Å². The molecule has 1 fully saturated rings. The number of hydrogen-bond donors (Lipinski definition) is 4. The highest BCUT2D eigenvalue weighted by molar-refractivity contribution is 6.06. The molecular formula is C21H22N2O10. The molecule has 0 aromatic heterocycles. The van der Waals surface area contributed by atoms with E-state index in [4.69, 9.17) is 15.2 Å². The Labute approximate surface area is 187 Å². The van der Waals surface area contributed by atoms with E-state index in [1.807, 2.05) is 0 Å². The predicted molar refractivity (Wildman–Crippen MR) is 110 cm³/mol. The quantitative estimate of drug-likeness (QED) is 0.209. The van der Waals surface area contributed by atoms with Gasteiger partial charge in [-0.15, -0.1) is 0 Å². The molecule has 1 aromatic rings. The monoisotopic (exact) mass is 462 g/mol. The summed E-state index contributed by atoms with van der Waals surface area (Å²) in [6.45, 7) is 4.34. The molecule has 0 saturated heterocycles. The first-order chi connectivity index (χ1) is 15.5. The van der Waals surface area contributed by atoms with Gasteiger partial charge < -0.3 is 30.7 Å². The van der Waals surface area contributed by atoms with Crippen LogP contribution >= 0.6 is 0 Å². The minimum absolute atomic E-state index is 0.0674. The van der Waals surface area contributed by atoms with Gasteiger partial charge in [-0.3, -0.25) is 19.2 Å². The van der Waals surface area contributed by atoms with Gasteiger partial charge in [0.1, 0.15) is 13.2 Å². The van der Waals surface area contributed by atoms with Crippen LogP contribution in [0.4, 0.5) is 5.69 Å². The van der Waals surface area contributed by atoms with E-state index in [2.05, 4.69) is 11.9 Å². The zero-order valence-corrected chi connectivity index (χ0v) is 17.5. The summed E-state index contributed by atoms with van der Waals surface area (Å²) < 4.78 is 9.80. The highest BCUT2D eigenvalue weighted by Crippen LogP contribution is 2.47. The van der Waals surface area contributed by atoms with Crippen LogP contribution in [0.2, 0.25) is 0 Å². The first kappa shape index (κ1) is 25.0. The number of carbonyl (C=O) groups excluding carboxylic acids is 4. The van der Waals surface area contributed by atoms with Gasteiger partial charge in [0.25, 0.3) is 0 Å². The molecule has 1 saturated carbocycles. The second kappa shape index (κ2) is 10.4. The van der Waals surface area contributed by atoms with E-state index >= 15 is 0 Å². The molecule has 1 aliphatic rings. The van der Waals surface area contributed by atoms with Crippen molar-refractivity contribution in [2.75, 3.05) is 18.5 Å². The molecule has 12 heteroatoms. The van der Waals surface area contributed by atoms with Crippen LogP contribution in [0.25, 0.3) is 0 Å². The Hall–Kier alpha value is -4.22. The topological polar surface area (TPSA) is 199 Å². The Balaban J connectivity index is 2.13. The molecule has 33 heavy (non-hydrogen) atoms. The highest BCUT2D eigenvalue weighted by atomic mass is 16.6. The number of nitrogens with one attached hydrogen (secondary N) is 1. The molecule has 2 unspecified atom stereocenters. The van der Waals surface area contributed by atoms with Crippen LogP contribution in [0.15, 0.2) is 36.4 Å². The van der Waals surface area contributed by atoms with Crippen LogP contribution in [-0.4, -0.2) is 59.1 Å². The number of benzene rings is 1. The van der Waals surface area contributed by atoms with Crippen molar-refractivity contribution in [3.05, 3.63) is 42.0 Å². The SMILES string of the molecule is C=C(C)C(=O)OCCOC(=O)c1ccccc1NC(=O)C1C(C(=O)O)C(C(N)=O)C1C(=O)O. The minimum atomic E-state index is -1.63. The minimum Gasteiger partial charge on any atom is -0.481 e. The van der Waals surface area contributed by atoms with E-state index in [1.54, 1.807) is 0 Å². The van der Waals surface area contributed by atoms with Crippen LogP contribution in [0.5, 0.6) is 0 Å². The van der Waals surface area contributed by atoms with Crippen molar-refractivity contribution < 1.29 is 48.5 Å². The Kier molecular flexibility index (Phi) is 7.89. The molecule has 0 spiro atoms. The number of para-hydroxylation sites is 1. The maximum absolute atomic E-state index is 12.8. The third-order valence-corrected chi connectivity index (χ3v) is 5.05. The number of carboxylic acid groups (broad SMARTS) is 2. The number of aliphatic carboxylic acids is 2. The molecule has 1 aliphatic carbocycles. The van der Waals surface area contributed by atoms with Crippen LogP contribution in [0.1, 0.15) is 17.3 Å². The van der Waals surface area contributed by atoms with Crippen molar-refractivity contribution in [3.8, 4) is 0 Å². The van der Waals surface area contributed by atoms with Crippen molar-refractivity contribution in [2.24, 2.45) is 29.4 Å². The van der Waals surface area contributed by atoms with Crippen molar-refractivity contribution >= 4 is 41.4 Å². The summed E-state index contributed by atoms with van der Waals surface area (Å²) in [5, 5.41) is 21.1. The smallest absolute Gasteiger partial charge is 0.340 e. The van der Waals surface area contributed by atoms with Crippen LogP contribution in [0, 0.1) is 23.7 Å². The molecule has 2 amide bonds. The maximum atomic E-state index is 12.8. The molecular weight excluding hydrogens is 440 g/mol. The Morgan fingerprint density at radius 1 is 0.939 bits per heavy atom. The predicted octanol–water partition coefficient (Wildman–Crippen LogP) is 0.0341. The summed E-state index contributed by atoms with van der Waals surface area (Å²) in [7, 11) is 0. The third kappa shape index (κ3) is 5.53. The zero-order valence-electron chi connectivity index (χ0n) is 17.5. The van der Waals surface area contributed by atoms with Crippen LogP contribution < -0.4 is 11.1 Å². The summed E-state index contributed by atoms with van der Waals surface area (Å²) in [5.41, 5.74) is 5.12. The van der Waals surface area contributed by atoms with E-state index < -0.39 is 59.4 Å². The van der Waals surface area contributed by atoms with E-state index in [0.29, 0.717) is 0 Å². The number of rotatable bonds is 10. The third-order valence-electron chi connectivity index (χ3n) is 5.05. The molecule has 5 N–H and O–H groups in total. The lowest BCUT2D eigenvalue weighted by molar-refractivity contribution is -0.179. The number of primary amides is 1. The fourth-order valence-electron chi connectivity index (χ4n) is 3.50. The van der Waals surface area contributed by atoms with Crippen LogP contribution in [-0.2, 0) is 33.4 Å². The number of ether oxygens (including phenoxy) is 2. The molecule has 2 atom stereocenters. The fraction of sp³-hybridized carbons (Fsp3) is 0.333. The van der Waals surface area contributed by atoms with Gasteiger partial charge in [0.15, 0.2) is 0 Å². The van der Waals surface area contributed by atoms with E-state index in [9.17, 15) is 39.0 Å². The molecule has 0 bridgehead atoms. The number of esters is 2. The molecule has 0 aliphatic heterocycles. The first-order valence-corrected chi connectivity index (χ1v) is 9.62. The van der Waals surface area contributed by atoms with Crippen molar-refractivity contribution in [1.29, 1.82) is 0 Å². The zero-order chi connectivity index (χ0) is 24.9. The lowest BCUT2D eigenvalue weighted by Crippen LogP contribution is -2.62. The molecule has 0 heterocycles. The number of amides is 2. The maximum Gasteiger partial charge on any atom is 0.340 e. The van der Waals surface area contributed by atoms with Gasteiger partial charge in [-0.25, -0.2) is 9.59 Å². The molecule has 2 rings (SSSR count). The largest absolute Gasteiger partial charge is 0.481 e. The average molecular weight is 462 g/mol. The van der Waals surface area contributed by atoms with Gasteiger partial charge in [-0.1, -0.05) is 18.7 Å². The number of nitrogens with two attached hydrogens (primary N) is 1. The van der Waals surface area contributed by atoms with Gasteiger partial charge in [0.05, 0.1) is 34.9 Å². The summed E-state index contributed by atoms with van der Waals surface area (Å²) in [6, 6.07) is 5.58. The van der Waals surface area contributed by atoms with Gasteiger partial charge in [0, 0.05) is 5.57 Å². The number of carboxylic acids is 2. The van der Waals surface area contributed by atoms with Gasteiger partial charge in [0.2, 0.25) is 11.8 Å². The lowest BCUT2D eigenvalue weighted by atomic mass is 9.55. The first-order valence-electron chi connectivity index (χ1n) is 9.62. The molecule has 176 valence electrons. The second-order valence-corrected chi connectivity index (χ2v) is 7.27. The molecule has 0 radical (unpaired) electrons. The summed E-state index contributed by atoms with van der Waals surface area (Å²) in [6.07, 6.45) is 0. The summed E-state index contributed by atoms with van der Waals surface area (Å²) in [5.74, 6) is -13.2. The van der Waals surface area contributed by atoms with Gasteiger partial charge >= 0.3 is 23.9 Å². The Morgan fingerprint density at radius 3 is 2.00 bits per heavy atom. The number of anilines is 1. The van der Waals surface area contributed by atoms with E-state index in [-0.39, 0.29) is 30.0 Å². The molecule has 12 nitrogen and oxygen atoms in total. The number of carbonyl (C=O) groups is 6. The van der Waals surface area contributed by atoms with Gasteiger partial charge in [-0.2, -0.15) is 0 Å². The normalized spacial score (nSPS) is 21.1. The molecule has 1 aromatic carbocycles. The van der Waals surface area contributed by atoms with Gasteiger partial charge in [-0.05, 0) is 19.1 Å². The van der Waals surface area contributed by atoms with Crippen molar-refractivity contribution in [2.45, 2.75) is 6.92 Å². The standard InChI is InChI=1S/C21H22N2O10/c1-9(2)20(30)32-7-8-33-21(31)10-5-3-4-6-11(10)23-17(25)13-14(18(26)27)12(16(22)24)15(13)19(28)29/h3-6,12-15H,1,7-8H2,2H3,(H2,22,24)(H,23,25)(H,26,27)(H,28,29). The fourth-order valence-corrected chi connectivity index (χ4v) is 3.50. The Morgan fingerprint density at radius 2 is 1.48 bits per heavy atom. The van der Waals surface area contributed by atoms with E-state index in [1.165, 1.54) is 31.2 Å². The number of hydrogen-bond acceptors (Lipinski definition) is 8. The van der Waals surface area contributed by atoms with Crippen molar-refractivity contribution in [3.63, 3.8) is 0 Å². The van der Waals surface area contributed by atoms with Crippen molar-refractivity contribution in [1.82, 2.24) is 0 Å². The summed E-state index contributed by atoms with van der Waals surface area (Å²) in [4.78, 5) is 71.1. The summed E-state index contributed by atoms with van der Waals surface area (Å²) >= 11 is 0. The average Bonchev–Trinajstić information content (AvgIpc) is 2.69. The van der Waals surface area contributed by atoms with E-state index in [0.717, 1.165) is 0 Å².